The molecule has 194 valence electrons. The largest absolute Gasteiger partial charge is 0.458 e. The average molecular weight is 477 g/mol. The monoisotopic (exact) mass is 476 g/mol. The van der Waals surface area contributed by atoms with Crippen LogP contribution in [0, 0.1) is 5.41 Å². The van der Waals surface area contributed by atoms with E-state index in [2.05, 4.69) is 0 Å². The van der Waals surface area contributed by atoms with Gasteiger partial charge >= 0.3 is 17.9 Å². The van der Waals surface area contributed by atoms with Gasteiger partial charge in [-0.25, -0.2) is 14.4 Å². The topological polar surface area (TPSA) is 107 Å². The molecule has 0 rings (SSSR count). The zero-order chi connectivity index (χ0) is 25.9. The summed E-state index contributed by atoms with van der Waals surface area (Å²) in [6.45, 7) is 17.5. The van der Waals surface area contributed by atoms with Crippen LogP contribution in [-0.4, -0.2) is 74.4 Å². The Morgan fingerprint density at radius 2 is 0.758 bits per heavy atom. The SMILES string of the molecule is CCC(COCC(=O)OC(C)(C)C)(COCC(=O)OC(C)(C)C)COCC(=O)OC(C)(C)C. The highest BCUT2D eigenvalue weighted by atomic mass is 16.6. The summed E-state index contributed by atoms with van der Waals surface area (Å²) in [6, 6.07) is 0. The first-order chi connectivity index (χ1) is 14.9. The Morgan fingerprint density at radius 1 is 0.515 bits per heavy atom. The van der Waals surface area contributed by atoms with Crippen molar-refractivity contribution in [2.45, 2.75) is 92.5 Å². The molecule has 0 bridgehead atoms. The second-order valence-corrected chi connectivity index (χ2v) is 11.1. The first-order valence-corrected chi connectivity index (χ1v) is 11.3. The van der Waals surface area contributed by atoms with Gasteiger partial charge < -0.3 is 28.4 Å². The van der Waals surface area contributed by atoms with E-state index in [1.807, 2.05) is 6.92 Å². The maximum absolute atomic E-state index is 12.0. The molecule has 0 fully saturated rings. The molecule has 0 spiro atoms. The molecule has 0 unspecified atom stereocenters. The summed E-state index contributed by atoms with van der Waals surface area (Å²) < 4.78 is 32.6. The molecule has 0 aromatic carbocycles. The highest BCUT2D eigenvalue weighted by Crippen LogP contribution is 2.24. The molecule has 0 atom stereocenters. The van der Waals surface area contributed by atoms with Crippen molar-refractivity contribution < 1.29 is 42.8 Å². The Hall–Kier alpha value is -1.71. The first kappa shape index (κ1) is 31.3. The Labute approximate surface area is 198 Å². The van der Waals surface area contributed by atoms with Crippen LogP contribution in [0.1, 0.15) is 75.7 Å². The van der Waals surface area contributed by atoms with Crippen molar-refractivity contribution in [1.82, 2.24) is 0 Å². The van der Waals surface area contributed by atoms with Crippen LogP contribution in [0.5, 0.6) is 0 Å². The molecule has 0 amide bonds. The Kier molecular flexibility index (Phi) is 12.6. The number of hydrogen-bond donors (Lipinski definition) is 0. The minimum atomic E-state index is -0.702. The summed E-state index contributed by atoms with van der Waals surface area (Å²) in [5, 5.41) is 0. The lowest BCUT2D eigenvalue weighted by atomic mass is 9.88. The van der Waals surface area contributed by atoms with E-state index >= 15 is 0 Å². The third-order valence-electron chi connectivity index (χ3n) is 3.89. The highest BCUT2D eigenvalue weighted by molar-refractivity contribution is 5.71. The number of ether oxygens (including phenoxy) is 6. The van der Waals surface area contributed by atoms with Gasteiger partial charge in [-0.3, -0.25) is 0 Å². The second-order valence-electron chi connectivity index (χ2n) is 11.1. The lowest BCUT2D eigenvalue weighted by Gasteiger charge is -2.32. The summed E-state index contributed by atoms with van der Waals surface area (Å²) in [5.41, 5.74) is -2.55. The molecule has 0 aliphatic rings. The van der Waals surface area contributed by atoms with Crippen molar-refractivity contribution in [3.05, 3.63) is 0 Å². The fourth-order valence-corrected chi connectivity index (χ4v) is 2.60. The smallest absolute Gasteiger partial charge is 0.332 e. The van der Waals surface area contributed by atoms with Crippen LogP contribution in [-0.2, 0) is 42.8 Å². The van der Waals surface area contributed by atoms with E-state index in [0.29, 0.717) is 6.42 Å². The average Bonchev–Trinajstić information content (AvgIpc) is 2.56. The Balaban J connectivity index is 4.99. The summed E-state index contributed by atoms with van der Waals surface area (Å²) >= 11 is 0. The fourth-order valence-electron chi connectivity index (χ4n) is 2.60. The Bertz CT molecular complexity index is 538. The van der Waals surface area contributed by atoms with Gasteiger partial charge in [-0.1, -0.05) is 6.92 Å². The zero-order valence-electron chi connectivity index (χ0n) is 22.1. The Morgan fingerprint density at radius 3 is 0.939 bits per heavy atom. The number of carbonyl (C=O) groups excluding carboxylic acids is 3. The van der Waals surface area contributed by atoms with Gasteiger partial charge in [0.1, 0.15) is 36.6 Å². The van der Waals surface area contributed by atoms with Gasteiger partial charge in [0.05, 0.1) is 19.8 Å². The summed E-state index contributed by atoms with van der Waals surface area (Å²) in [7, 11) is 0. The predicted molar refractivity (Wildman–Crippen MR) is 123 cm³/mol. The molecule has 0 aliphatic carbocycles. The molecule has 0 aliphatic heterocycles. The van der Waals surface area contributed by atoms with E-state index in [-0.39, 0.29) is 39.6 Å². The minimum Gasteiger partial charge on any atom is -0.458 e. The standard InChI is InChI=1S/C24H44O9/c1-11-24(15-28-12-18(25)31-21(2,3)4,16-29-13-19(26)32-22(5,6)7)17-30-14-20(27)33-23(8,9)10/h11-17H2,1-10H3. The minimum absolute atomic E-state index is 0.103. The van der Waals surface area contributed by atoms with Gasteiger partial charge in [0.15, 0.2) is 0 Å². The lowest BCUT2D eigenvalue weighted by molar-refractivity contribution is -0.167. The van der Waals surface area contributed by atoms with Crippen molar-refractivity contribution in [2.24, 2.45) is 5.41 Å². The zero-order valence-corrected chi connectivity index (χ0v) is 22.1. The van der Waals surface area contributed by atoms with Crippen molar-refractivity contribution in [3.63, 3.8) is 0 Å². The number of carbonyl (C=O) groups is 3. The van der Waals surface area contributed by atoms with Crippen LogP contribution >= 0.6 is 0 Å². The molecular weight excluding hydrogens is 432 g/mol. The number of hydrogen-bond acceptors (Lipinski definition) is 9. The van der Waals surface area contributed by atoms with E-state index < -0.39 is 40.1 Å². The first-order valence-electron chi connectivity index (χ1n) is 11.3. The van der Waals surface area contributed by atoms with Crippen molar-refractivity contribution in [2.75, 3.05) is 39.6 Å². The van der Waals surface area contributed by atoms with E-state index in [1.54, 1.807) is 62.3 Å². The number of esters is 3. The van der Waals surface area contributed by atoms with E-state index in [0.717, 1.165) is 0 Å². The van der Waals surface area contributed by atoms with Gasteiger partial charge in [0, 0.05) is 5.41 Å². The highest BCUT2D eigenvalue weighted by Gasteiger charge is 2.32. The molecular formula is C24H44O9. The molecule has 9 nitrogen and oxygen atoms in total. The quantitative estimate of drug-likeness (QED) is 0.292. The van der Waals surface area contributed by atoms with Crippen LogP contribution in [0.2, 0.25) is 0 Å². The van der Waals surface area contributed by atoms with Crippen LogP contribution in [0.25, 0.3) is 0 Å². The van der Waals surface area contributed by atoms with E-state index in [1.165, 1.54) is 0 Å². The molecule has 0 aromatic heterocycles. The van der Waals surface area contributed by atoms with Gasteiger partial charge in [-0.2, -0.15) is 0 Å². The van der Waals surface area contributed by atoms with Gasteiger partial charge in [0.25, 0.3) is 0 Å². The molecule has 0 saturated carbocycles. The van der Waals surface area contributed by atoms with E-state index in [4.69, 9.17) is 28.4 Å². The third kappa shape index (κ3) is 17.4. The van der Waals surface area contributed by atoms with Gasteiger partial charge in [-0.15, -0.1) is 0 Å². The molecule has 0 heterocycles. The second kappa shape index (κ2) is 13.2. The van der Waals surface area contributed by atoms with Crippen molar-refractivity contribution in [3.8, 4) is 0 Å². The summed E-state index contributed by atoms with van der Waals surface area (Å²) in [6.07, 6.45) is 0.546. The molecule has 0 saturated heterocycles. The maximum Gasteiger partial charge on any atom is 0.332 e. The van der Waals surface area contributed by atoms with Gasteiger partial charge in [0.2, 0.25) is 0 Å². The van der Waals surface area contributed by atoms with Crippen LogP contribution in [0.4, 0.5) is 0 Å². The normalized spacial score (nSPS) is 12.9. The molecule has 33 heavy (non-hydrogen) atoms. The summed E-state index contributed by atoms with van der Waals surface area (Å²) in [5.74, 6) is -1.47. The fraction of sp³-hybridized carbons (Fsp3) is 0.875. The predicted octanol–water partition coefficient (Wildman–Crippen LogP) is 3.46. The lowest BCUT2D eigenvalue weighted by Crippen LogP contribution is -2.39. The maximum atomic E-state index is 12.0. The van der Waals surface area contributed by atoms with Crippen molar-refractivity contribution >= 4 is 17.9 Å². The molecule has 0 aromatic rings. The van der Waals surface area contributed by atoms with Crippen LogP contribution in [0.3, 0.4) is 0 Å². The number of rotatable bonds is 13. The molecule has 9 heteroatoms. The van der Waals surface area contributed by atoms with Crippen molar-refractivity contribution in [1.29, 1.82) is 0 Å². The molecule has 0 N–H and O–H groups in total. The van der Waals surface area contributed by atoms with Gasteiger partial charge in [-0.05, 0) is 68.7 Å². The van der Waals surface area contributed by atoms with Crippen LogP contribution in [0.15, 0.2) is 0 Å². The van der Waals surface area contributed by atoms with E-state index in [9.17, 15) is 14.4 Å². The summed E-state index contributed by atoms with van der Waals surface area (Å²) in [4.78, 5) is 35.9. The third-order valence-corrected chi connectivity index (χ3v) is 3.89. The molecule has 0 radical (unpaired) electrons. The van der Waals surface area contributed by atoms with Crippen LogP contribution < -0.4 is 0 Å².